The number of hydrogen-bond acceptors (Lipinski definition) is 5. The molecule has 0 aliphatic rings. The Hall–Kier alpha value is -3.10. The van der Waals surface area contributed by atoms with Gasteiger partial charge in [-0.25, -0.2) is 24.2 Å². The predicted molar refractivity (Wildman–Crippen MR) is 82.4 cm³/mol. The molecule has 1 N–H and O–H groups in total. The maximum absolute atomic E-state index is 13.1. The molecule has 0 spiro atoms. The molecule has 0 saturated carbocycles. The first-order valence-corrected chi connectivity index (χ1v) is 7.03. The van der Waals surface area contributed by atoms with Crippen LogP contribution in [0.5, 0.6) is 0 Å². The summed E-state index contributed by atoms with van der Waals surface area (Å²) in [5.41, 5.74) is 1.82. The molecule has 0 bridgehead atoms. The Morgan fingerprint density at radius 1 is 1.25 bits per heavy atom. The Morgan fingerprint density at radius 2 is 1.88 bits per heavy atom. The van der Waals surface area contributed by atoms with E-state index in [2.05, 4.69) is 10.2 Å². The van der Waals surface area contributed by atoms with Crippen LogP contribution in [0.2, 0.25) is 0 Å². The lowest BCUT2D eigenvalue weighted by molar-refractivity contribution is 0.0514. The molecule has 0 atom stereocenters. The van der Waals surface area contributed by atoms with Crippen molar-refractivity contribution in [1.82, 2.24) is 9.24 Å². The maximum atomic E-state index is 13.1. The molecule has 0 aliphatic heterocycles. The minimum atomic E-state index is -0.932. The van der Waals surface area contributed by atoms with Gasteiger partial charge in [0.05, 0.1) is 25.1 Å². The summed E-state index contributed by atoms with van der Waals surface area (Å²) in [7, 11) is 1.12. The number of hydrogen-bond donors (Lipinski definition) is 1. The highest BCUT2D eigenvalue weighted by Crippen LogP contribution is 2.14. The van der Waals surface area contributed by atoms with Gasteiger partial charge in [-0.1, -0.05) is 0 Å². The number of benzene rings is 1. The summed E-state index contributed by atoms with van der Waals surface area (Å²) >= 11 is 0. The summed E-state index contributed by atoms with van der Waals surface area (Å²) in [6.45, 7) is 3.21. The number of rotatable bonds is 4. The van der Waals surface area contributed by atoms with Gasteiger partial charge in [0, 0.05) is 0 Å². The van der Waals surface area contributed by atoms with E-state index >= 15 is 0 Å². The van der Waals surface area contributed by atoms with Crippen LogP contribution in [0.25, 0.3) is 5.69 Å². The number of carbonyl (C=O) groups is 2. The molecule has 0 aliphatic carbocycles. The summed E-state index contributed by atoms with van der Waals surface area (Å²) in [6.07, 6.45) is -0.932. The van der Waals surface area contributed by atoms with Crippen molar-refractivity contribution in [2.45, 2.75) is 13.8 Å². The molecule has 2 rings (SSSR count). The van der Waals surface area contributed by atoms with Crippen molar-refractivity contribution in [2.24, 2.45) is 0 Å². The van der Waals surface area contributed by atoms with Crippen LogP contribution in [0.3, 0.4) is 0 Å². The third-order valence-corrected chi connectivity index (χ3v) is 3.23. The van der Waals surface area contributed by atoms with Gasteiger partial charge in [0.25, 0.3) is 0 Å². The van der Waals surface area contributed by atoms with E-state index in [9.17, 15) is 18.8 Å². The van der Waals surface area contributed by atoms with Gasteiger partial charge in [0.15, 0.2) is 5.69 Å². The molecule has 128 valence electrons. The zero-order valence-corrected chi connectivity index (χ0v) is 13.3. The highest BCUT2D eigenvalue weighted by atomic mass is 19.1. The highest BCUT2D eigenvalue weighted by molar-refractivity contribution is 5.90. The largest absolute Gasteiger partial charge is 0.461 e. The average Bonchev–Trinajstić information content (AvgIpc) is 2.79. The fourth-order valence-corrected chi connectivity index (χ4v) is 2.18. The second-order valence-electron chi connectivity index (χ2n) is 4.69. The van der Waals surface area contributed by atoms with E-state index in [0.29, 0.717) is 5.69 Å². The molecular weight excluding hydrogens is 321 g/mol. The number of halogens is 1. The first kappa shape index (κ1) is 17.3. The zero-order chi connectivity index (χ0) is 17.9. The normalized spacial score (nSPS) is 10.3. The van der Waals surface area contributed by atoms with Gasteiger partial charge in [0.1, 0.15) is 5.82 Å². The van der Waals surface area contributed by atoms with Crippen LogP contribution in [0, 0.1) is 12.7 Å². The van der Waals surface area contributed by atoms with Crippen LogP contribution in [0.4, 0.5) is 9.18 Å². The van der Waals surface area contributed by atoms with E-state index in [1.54, 1.807) is 6.92 Å². The molecule has 0 fully saturated rings. The topological polar surface area (TPSA) is 91.6 Å². The van der Waals surface area contributed by atoms with Crippen molar-refractivity contribution in [3.05, 3.63) is 52.0 Å². The van der Waals surface area contributed by atoms with Crippen molar-refractivity contribution in [3.8, 4) is 5.69 Å². The maximum Gasteiger partial charge on any atom is 0.426 e. The Labute approximate surface area is 136 Å². The lowest BCUT2D eigenvalue weighted by Gasteiger charge is -2.07. The van der Waals surface area contributed by atoms with Crippen molar-refractivity contribution in [2.75, 3.05) is 19.1 Å². The van der Waals surface area contributed by atoms with Crippen molar-refractivity contribution < 1.29 is 23.5 Å². The third-order valence-electron chi connectivity index (χ3n) is 3.23. The fourth-order valence-electron chi connectivity index (χ4n) is 2.18. The lowest BCUT2D eigenvalue weighted by atomic mass is 10.3. The zero-order valence-electron chi connectivity index (χ0n) is 13.3. The first-order valence-electron chi connectivity index (χ1n) is 7.03. The predicted octanol–water partition coefficient (Wildman–Crippen LogP) is 1.57. The molecule has 0 unspecified atom stereocenters. The van der Waals surface area contributed by atoms with Gasteiger partial charge in [0.2, 0.25) is 0 Å². The first-order chi connectivity index (χ1) is 11.4. The number of esters is 1. The van der Waals surface area contributed by atoms with Crippen LogP contribution < -0.4 is 11.1 Å². The van der Waals surface area contributed by atoms with Crippen molar-refractivity contribution in [3.63, 3.8) is 0 Å². The van der Waals surface area contributed by atoms with Gasteiger partial charge in [-0.05, 0) is 38.1 Å². The highest BCUT2D eigenvalue weighted by Gasteiger charge is 2.26. The summed E-state index contributed by atoms with van der Waals surface area (Å²) in [4.78, 5) is 36.2. The number of amides is 1. The van der Waals surface area contributed by atoms with Gasteiger partial charge < -0.3 is 9.47 Å². The van der Waals surface area contributed by atoms with Crippen LogP contribution in [0.1, 0.15) is 23.1 Å². The molecule has 1 aromatic carbocycles. The van der Waals surface area contributed by atoms with E-state index in [1.165, 1.54) is 31.2 Å². The van der Waals surface area contributed by atoms with Gasteiger partial charge in [-0.3, -0.25) is 4.57 Å². The number of methoxy groups -OCH3 is 1. The summed E-state index contributed by atoms with van der Waals surface area (Å²) in [5.74, 6) is -1.26. The molecule has 9 heteroatoms. The monoisotopic (exact) mass is 337 g/mol. The SMILES string of the molecule is CCOC(=O)c1c(C)n(-c2ccc(F)cc2)c(=O)n1NC(=O)OC. The van der Waals surface area contributed by atoms with Crippen LogP contribution in [-0.2, 0) is 9.47 Å². The molecule has 24 heavy (non-hydrogen) atoms. The Bertz CT molecular complexity index is 823. The summed E-state index contributed by atoms with van der Waals surface area (Å²) in [5, 5.41) is 0. The number of ether oxygens (including phenoxy) is 2. The third kappa shape index (κ3) is 3.14. The minimum absolute atomic E-state index is 0.0897. The summed E-state index contributed by atoms with van der Waals surface area (Å²) in [6, 6.07) is 5.11. The Kier molecular flexibility index (Phi) is 5.02. The van der Waals surface area contributed by atoms with Crippen LogP contribution in [-0.4, -0.2) is 35.0 Å². The van der Waals surface area contributed by atoms with Gasteiger partial charge in [-0.15, -0.1) is 0 Å². The van der Waals surface area contributed by atoms with Gasteiger partial charge >= 0.3 is 17.8 Å². The van der Waals surface area contributed by atoms with E-state index in [1.807, 2.05) is 0 Å². The number of aromatic nitrogens is 2. The van der Waals surface area contributed by atoms with E-state index < -0.39 is 23.6 Å². The quantitative estimate of drug-likeness (QED) is 0.855. The average molecular weight is 337 g/mol. The second-order valence-corrected chi connectivity index (χ2v) is 4.69. The second kappa shape index (κ2) is 6.99. The molecule has 1 heterocycles. The molecule has 1 aromatic heterocycles. The smallest absolute Gasteiger partial charge is 0.426 e. The number of imidazole rings is 1. The fraction of sp³-hybridized carbons (Fsp3) is 0.267. The van der Waals surface area contributed by atoms with Crippen molar-refractivity contribution in [1.29, 1.82) is 0 Å². The number of nitrogens with zero attached hydrogens (tertiary/aromatic N) is 2. The van der Waals surface area contributed by atoms with Crippen molar-refractivity contribution >= 4 is 12.1 Å². The van der Waals surface area contributed by atoms with E-state index in [0.717, 1.165) is 16.4 Å². The molecule has 0 radical (unpaired) electrons. The summed E-state index contributed by atoms with van der Waals surface area (Å²) < 4.78 is 24.4. The molecule has 2 aromatic rings. The lowest BCUT2D eigenvalue weighted by Crippen LogP contribution is -2.36. The molecular formula is C15H16FN3O5. The van der Waals surface area contributed by atoms with Gasteiger partial charge in [-0.2, -0.15) is 4.68 Å². The Morgan fingerprint density at radius 3 is 2.42 bits per heavy atom. The number of carbonyl (C=O) groups excluding carboxylic acids is 2. The van der Waals surface area contributed by atoms with Crippen LogP contribution >= 0.6 is 0 Å². The number of nitrogens with one attached hydrogen (secondary N) is 1. The Balaban J connectivity index is 2.66. The van der Waals surface area contributed by atoms with E-state index in [-0.39, 0.29) is 18.0 Å². The standard InChI is InChI=1S/C15H16FN3O5/c1-4-24-13(20)12-9(2)18(11-7-5-10(16)6-8-11)15(22)19(12)17-14(21)23-3/h5-8H,4H2,1-3H3,(H,17,21). The molecule has 0 saturated heterocycles. The van der Waals surface area contributed by atoms with E-state index in [4.69, 9.17) is 4.74 Å². The van der Waals surface area contributed by atoms with Crippen LogP contribution in [0.15, 0.2) is 29.1 Å². The molecule has 8 nitrogen and oxygen atoms in total. The minimum Gasteiger partial charge on any atom is -0.461 e. The molecule has 1 amide bonds.